The molecule has 0 saturated carbocycles. The van der Waals surface area contributed by atoms with Crippen molar-refractivity contribution in [2.24, 2.45) is 5.73 Å². The van der Waals surface area contributed by atoms with Gasteiger partial charge in [0.05, 0.1) is 18.8 Å². The van der Waals surface area contributed by atoms with Gasteiger partial charge in [-0.05, 0) is 44.4 Å². The van der Waals surface area contributed by atoms with E-state index in [1.54, 1.807) is 0 Å². The molecule has 0 unspecified atom stereocenters. The number of nitrogens with one attached hydrogen (secondary N) is 1. The number of amides is 1. The summed E-state index contributed by atoms with van der Waals surface area (Å²) in [5, 5.41) is 2.90. The first-order valence-electron chi connectivity index (χ1n) is 7.45. The summed E-state index contributed by atoms with van der Waals surface area (Å²) in [5.41, 5.74) is 7.36. The zero-order chi connectivity index (χ0) is 15.2. The highest BCUT2D eigenvalue weighted by molar-refractivity contribution is 5.94. The van der Waals surface area contributed by atoms with Crippen LogP contribution < -0.4 is 11.1 Å². The number of hydrogen-bond acceptors (Lipinski definition) is 4. The SMILES string of the molecule is CC(C)OCc1cccc(NC(=O)[C@@H]2CC[C@H](CN)O2)c1. The lowest BCUT2D eigenvalue weighted by Crippen LogP contribution is -2.29. The van der Waals surface area contributed by atoms with E-state index in [1.807, 2.05) is 38.1 Å². The minimum atomic E-state index is -0.394. The Labute approximate surface area is 125 Å². The van der Waals surface area contributed by atoms with E-state index in [9.17, 15) is 4.79 Å². The van der Waals surface area contributed by atoms with Crippen LogP contribution in [0.1, 0.15) is 32.3 Å². The molecule has 116 valence electrons. The van der Waals surface area contributed by atoms with Crippen molar-refractivity contribution >= 4 is 11.6 Å². The highest BCUT2D eigenvalue weighted by Gasteiger charge is 2.29. The van der Waals surface area contributed by atoms with Crippen molar-refractivity contribution in [2.75, 3.05) is 11.9 Å². The van der Waals surface area contributed by atoms with Crippen molar-refractivity contribution in [1.82, 2.24) is 0 Å². The van der Waals surface area contributed by atoms with Crippen molar-refractivity contribution in [3.63, 3.8) is 0 Å². The van der Waals surface area contributed by atoms with Crippen LogP contribution in [0.4, 0.5) is 5.69 Å². The lowest BCUT2D eigenvalue weighted by atomic mass is 10.1. The summed E-state index contributed by atoms with van der Waals surface area (Å²) in [7, 11) is 0. The van der Waals surface area contributed by atoms with Crippen molar-refractivity contribution in [3.8, 4) is 0 Å². The van der Waals surface area contributed by atoms with Gasteiger partial charge >= 0.3 is 0 Å². The summed E-state index contributed by atoms with van der Waals surface area (Å²) >= 11 is 0. The van der Waals surface area contributed by atoms with Crippen LogP contribution in [0.3, 0.4) is 0 Å². The van der Waals surface area contributed by atoms with Gasteiger partial charge in [0, 0.05) is 12.2 Å². The van der Waals surface area contributed by atoms with Crippen LogP contribution in [0, 0.1) is 0 Å². The van der Waals surface area contributed by atoms with E-state index in [0.29, 0.717) is 13.2 Å². The maximum Gasteiger partial charge on any atom is 0.253 e. The molecule has 0 radical (unpaired) electrons. The molecule has 1 aliphatic rings. The molecule has 0 aliphatic carbocycles. The van der Waals surface area contributed by atoms with Gasteiger partial charge in [-0.3, -0.25) is 4.79 Å². The minimum absolute atomic E-state index is 0.00604. The van der Waals surface area contributed by atoms with E-state index >= 15 is 0 Å². The molecule has 1 heterocycles. The quantitative estimate of drug-likeness (QED) is 0.841. The smallest absolute Gasteiger partial charge is 0.253 e. The van der Waals surface area contributed by atoms with Crippen molar-refractivity contribution in [3.05, 3.63) is 29.8 Å². The van der Waals surface area contributed by atoms with Gasteiger partial charge in [-0.2, -0.15) is 0 Å². The molecule has 1 saturated heterocycles. The fourth-order valence-corrected chi connectivity index (χ4v) is 2.30. The monoisotopic (exact) mass is 292 g/mol. The van der Waals surface area contributed by atoms with Gasteiger partial charge < -0.3 is 20.5 Å². The van der Waals surface area contributed by atoms with E-state index in [-0.39, 0.29) is 18.1 Å². The topological polar surface area (TPSA) is 73.6 Å². The lowest BCUT2D eigenvalue weighted by molar-refractivity contribution is -0.126. The molecule has 1 aromatic rings. The Morgan fingerprint density at radius 3 is 2.95 bits per heavy atom. The molecule has 0 bridgehead atoms. The molecule has 5 heteroatoms. The first-order chi connectivity index (χ1) is 10.1. The van der Waals surface area contributed by atoms with E-state index in [2.05, 4.69) is 5.32 Å². The van der Waals surface area contributed by atoms with Crippen LogP contribution in [0.15, 0.2) is 24.3 Å². The van der Waals surface area contributed by atoms with Crippen LogP contribution in [-0.4, -0.2) is 30.8 Å². The minimum Gasteiger partial charge on any atom is -0.374 e. The summed E-state index contributed by atoms with van der Waals surface area (Å²) < 4.78 is 11.2. The van der Waals surface area contributed by atoms with Crippen molar-refractivity contribution in [1.29, 1.82) is 0 Å². The fraction of sp³-hybridized carbons (Fsp3) is 0.562. The molecule has 5 nitrogen and oxygen atoms in total. The maximum absolute atomic E-state index is 12.1. The summed E-state index contributed by atoms with van der Waals surface area (Å²) in [5.74, 6) is -0.104. The van der Waals surface area contributed by atoms with Gasteiger partial charge in [-0.1, -0.05) is 12.1 Å². The number of rotatable bonds is 6. The highest BCUT2D eigenvalue weighted by Crippen LogP contribution is 2.21. The second-order valence-electron chi connectivity index (χ2n) is 5.61. The second-order valence-corrected chi connectivity index (χ2v) is 5.61. The van der Waals surface area contributed by atoms with Crippen LogP contribution >= 0.6 is 0 Å². The largest absolute Gasteiger partial charge is 0.374 e. The standard InChI is InChI=1S/C16H24N2O3/c1-11(2)20-10-12-4-3-5-13(8-12)18-16(19)15-7-6-14(9-17)21-15/h3-5,8,11,14-15H,6-7,9-10,17H2,1-2H3,(H,18,19)/t14-,15+/m1/s1. The van der Waals surface area contributed by atoms with Crippen molar-refractivity contribution in [2.45, 2.75) is 51.6 Å². The third-order valence-corrected chi connectivity index (χ3v) is 3.44. The number of carbonyl (C=O) groups is 1. The first kappa shape index (κ1) is 15.9. The van der Waals surface area contributed by atoms with E-state index in [1.165, 1.54) is 0 Å². The average Bonchev–Trinajstić information content (AvgIpc) is 2.94. The van der Waals surface area contributed by atoms with Gasteiger partial charge in [0.1, 0.15) is 6.10 Å². The van der Waals surface area contributed by atoms with Crippen LogP contribution in [0.2, 0.25) is 0 Å². The second kappa shape index (κ2) is 7.54. The average molecular weight is 292 g/mol. The maximum atomic E-state index is 12.1. The first-order valence-corrected chi connectivity index (χ1v) is 7.45. The van der Waals surface area contributed by atoms with Crippen LogP contribution in [0.5, 0.6) is 0 Å². The number of hydrogen-bond donors (Lipinski definition) is 2. The lowest BCUT2D eigenvalue weighted by Gasteiger charge is -2.13. The molecule has 2 rings (SSSR count). The molecule has 1 aliphatic heterocycles. The number of ether oxygens (including phenoxy) is 2. The molecule has 1 aromatic carbocycles. The Kier molecular flexibility index (Phi) is 5.73. The number of benzene rings is 1. The van der Waals surface area contributed by atoms with Gasteiger partial charge in [0.2, 0.25) is 0 Å². The Hall–Kier alpha value is -1.43. The molecule has 0 aromatic heterocycles. The molecular weight excluding hydrogens is 268 g/mol. The molecule has 0 spiro atoms. The highest BCUT2D eigenvalue weighted by atomic mass is 16.5. The number of nitrogens with two attached hydrogens (primary N) is 1. The summed E-state index contributed by atoms with van der Waals surface area (Å²) in [4.78, 5) is 12.1. The Bertz CT molecular complexity index is 476. The van der Waals surface area contributed by atoms with Gasteiger partial charge in [0.15, 0.2) is 0 Å². The van der Waals surface area contributed by atoms with Gasteiger partial charge in [-0.25, -0.2) is 0 Å². The van der Waals surface area contributed by atoms with Crippen molar-refractivity contribution < 1.29 is 14.3 Å². The zero-order valence-electron chi connectivity index (χ0n) is 12.7. The molecule has 3 N–H and O–H groups in total. The van der Waals surface area contributed by atoms with E-state index in [4.69, 9.17) is 15.2 Å². The molecule has 1 amide bonds. The molecule has 21 heavy (non-hydrogen) atoms. The van der Waals surface area contributed by atoms with Crippen LogP contribution in [0.25, 0.3) is 0 Å². The Morgan fingerprint density at radius 1 is 1.48 bits per heavy atom. The Morgan fingerprint density at radius 2 is 2.29 bits per heavy atom. The van der Waals surface area contributed by atoms with E-state index < -0.39 is 6.10 Å². The molecular formula is C16H24N2O3. The molecule has 2 atom stereocenters. The van der Waals surface area contributed by atoms with Gasteiger partial charge in [-0.15, -0.1) is 0 Å². The zero-order valence-corrected chi connectivity index (χ0v) is 12.7. The van der Waals surface area contributed by atoms with Gasteiger partial charge in [0.25, 0.3) is 5.91 Å². The third-order valence-electron chi connectivity index (χ3n) is 3.44. The van der Waals surface area contributed by atoms with E-state index in [0.717, 1.165) is 24.1 Å². The summed E-state index contributed by atoms with van der Waals surface area (Å²) in [6, 6.07) is 7.68. The fourth-order valence-electron chi connectivity index (χ4n) is 2.30. The predicted octanol–water partition coefficient (Wildman–Crippen LogP) is 2.06. The Balaban J connectivity index is 1.90. The third kappa shape index (κ3) is 4.81. The summed E-state index contributed by atoms with van der Waals surface area (Å²) in [6.07, 6.45) is 1.37. The summed E-state index contributed by atoms with van der Waals surface area (Å²) in [6.45, 7) is 5.00. The number of carbonyl (C=O) groups excluding carboxylic acids is 1. The molecule has 1 fully saturated rings. The van der Waals surface area contributed by atoms with Crippen LogP contribution in [-0.2, 0) is 20.9 Å². The normalized spacial score (nSPS) is 21.7. The number of anilines is 1. The predicted molar refractivity (Wildman–Crippen MR) is 81.9 cm³/mol.